The zero-order chi connectivity index (χ0) is 40.2. The van der Waals surface area contributed by atoms with E-state index >= 15 is 16.8 Å². The van der Waals surface area contributed by atoms with Crippen molar-refractivity contribution in [3.8, 4) is 23.0 Å². The Morgan fingerprint density at radius 2 is 0.982 bits per heavy atom. The van der Waals surface area contributed by atoms with Crippen LogP contribution in [-0.2, 0) is 30.0 Å². The zero-order valence-corrected chi connectivity index (χ0v) is 32.6. The molecule has 2 heterocycles. The maximum absolute atomic E-state index is 15.6. The van der Waals surface area contributed by atoms with Crippen molar-refractivity contribution >= 4 is 58.6 Å². The highest BCUT2D eigenvalue weighted by atomic mass is 32.2. The number of nitrogens with zero attached hydrogens (tertiary/aromatic N) is 2. The Labute approximate surface area is 328 Å². The minimum Gasteiger partial charge on any atom is -0.508 e. The van der Waals surface area contributed by atoms with Gasteiger partial charge in [0.05, 0.1) is 20.2 Å². The van der Waals surface area contributed by atoms with Gasteiger partial charge in [-0.05, 0) is 54.6 Å². The number of phenolic OH excluding ortho intramolecular Hbond substituents is 2. The number of benzene rings is 7. The Hall–Kier alpha value is -6.57. The molecule has 0 fully saturated rings. The van der Waals surface area contributed by atoms with Crippen LogP contribution in [0.2, 0.25) is 0 Å². The molecule has 0 radical (unpaired) electrons. The van der Waals surface area contributed by atoms with Crippen LogP contribution in [0, 0.1) is 0 Å². The van der Waals surface area contributed by atoms with Gasteiger partial charge >= 0.3 is 5.97 Å². The Morgan fingerprint density at radius 1 is 0.526 bits per heavy atom. The average molecular weight is 799 g/mol. The quantitative estimate of drug-likeness (QED) is 0.159. The van der Waals surface area contributed by atoms with Gasteiger partial charge in [-0.15, -0.1) is 0 Å². The van der Waals surface area contributed by atoms with Crippen molar-refractivity contribution in [1.82, 2.24) is 0 Å². The highest BCUT2D eigenvalue weighted by Crippen LogP contribution is 2.58. The third-order valence-corrected chi connectivity index (χ3v) is 14.6. The van der Waals surface area contributed by atoms with Crippen LogP contribution in [0.1, 0.15) is 27.0 Å². The molecule has 9 rings (SSSR count). The average Bonchev–Trinajstić information content (AvgIpc) is 3.47. The molecule has 0 amide bonds. The number of sulfone groups is 2. The number of phenols is 2. The van der Waals surface area contributed by atoms with Crippen LogP contribution in [-0.4, -0.2) is 61.2 Å². The maximum atomic E-state index is 15.6. The second-order valence-corrected chi connectivity index (χ2v) is 18.1. The molecule has 0 aromatic heterocycles. The number of ether oxygens (including phenoxy) is 2. The van der Waals surface area contributed by atoms with E-state index in [1.807, 2.05) is 50.1 Å². The molecule has 13 heteroatoms. The first kappa shape index (κ1) is 36.1. The fourth-order valence-corrected chi connectivity index (χ4v) is 12.2. The predicted molar refractivity (Wildman–Crippen MR) is 215 cm³/mol. The van der Waals surface area contributed by atoms with Gasteiger partial charge in [0.2, 0.25) is 19.7 Å². The summed E-state index contributed by atoms with van der Waals surface area (Å²) in [5.41, 5.74) is -0.340. The lowest BCUT2D eigenvalue weighted by Gasteiger charge is -2.36. The molecule has 0 aliphatic carbocycles. The van der Waals surface area contributed by atoms with Crippen molar-refractivity contribution < 1.29 is 41.3 Å². The van der Waals surface area contributed by atoms with E-state index in [9.17, 15) is 15.0 Å². The number of aromatic hydroxyl groups is 2. The monoisotopic (exact) mass is 798 g/mol. The number of hydrogen-bond acceptors (Lipinski definition) is 11. The van der Waals surface area contributed by atoms with Gasteiger partial charge in [0.1, 0.15) is 27.9 Å². The first-order valence-corrected chi connectivity index (χ1v) is 20.8. The van der Waals surface area contributed by atoms with Crippen molar-refractivity contribution in [2.24, 2.45) is 0 Å². The summed E-state index contributed by atoms with van der Waals surface area (Å²) in [6.07, 6.45) is 0. The number of rotatable bonds is 6. The van der Waals surface area contributed by atoms with Gasteiger partial charge in [-0.2, -0.15) is 0 Å². The van der Waals surface area contributed by atoms with Gasteiger partial charge in [-0.25, -0.2) is 21.6 Å². The van der Waals surface area contributed by atoms with E-state index in [1.165, 1.54) is 60.7 Å². The van der Waals surface area contributed by atoms with E-state index in [0.29, 0.717) is 21.5 Å². The molecule has 7 aromatic rings. The normalized spacial score (nSPS) is 14.1. The molecule has 0 bridgehead atoms. The molecule has 7 aromatic carbocycles. The van der Waals surface area contributed by atoms with Crippen molar-refractivity contribution in [2.45, 2.75) is 25.2 Å². The fraction of sp³-hybridized carbons (Fsp3) is 0.114. The summed E-state index contributed by atoms with van der Waals surface area (Å²) in [6, 6.07) is 31.0. The second-order valence-electron chi connectivity index (χ2n) is 14.4. The molecule has 11 nitrogen and oxygen atoms in total. The molecule has 0 atom stereocenters. The highest BCUT2D eigenvalue weighted by molar-refractivity contribution is 7.95. The van der Waals surface area contributed by atoms with Crippen LogP contribution in [0.5, 0.6) is 23.0 Å². The van der Waals surface area contributed by atoms with Crippen molar-refractivity contribution in [3.63, 3.8) is 0 Å². The lowest BCUT2D eigenvalue weighted by atomic mass is 9.77. The van der Waals surface area contributed by atoms with Gasteiger partial charge in [-0.1, -0.05) is 54.6 Å². The van der Waals surface area contributed by atoms with Gasteiger partial charge < -0.3 is 29.5 Å². The number of anilines is 2. The van der Waals surface area contributed by atoms with Crippen LogP contribution >= 0.6 is 0 Å². The maximum Gasteiger partial charge on any atom is 0.341 e. The Morgan fingerprint density at radius 3 is 1.49 bits per heavy atom. The summed E-state index contributed by atoms with van der Waals surface area (Å²) in [6.45, 7) is 0. The lowest BCUT2D eigenvalue weighted by Crippen LogP contribution is -2.33. The number of carbonyl (C=O) groups is 1. The summed E-state index contributed by atoms with van der Waals surface area (Å²) < 4.78 is 74.2. The first-order chi connectivity index (χ1) is 27.2. The van der Waals surface area contributed by atoms with Gasteiger partial charge in [0.15, 0.2) is 5.60 Å². The Bertz CT molecular complexity index is 3070. The van der Waals surface area contributed by atoms with Gasteiger partial charge in [-0.3, -0.25) is 0 Å². The zero-order valence-electron chi connectivity index (χ0n) is 31.0. The molecule has 0 saturated carbocycles. The third kappa shape index (κ3) is 5.12. The summed E-state index contributed by atoms with van der Waals surface area (Å²) in [5, 5.41) is 22.8. The van der Waals surface area contributed by atoms with Crippen LogP contribution in [0.25, 0.3) is 21.5 Å². The van der Waals surface area contributed by atoms with E-state index in [2.05, 4.69) is 0 Å². The van der Waals surface area contributed by atoms with Crippen LogP contribution in [0.4, 0.5) is 11.4 Å². The molecule has 2 aliphatic heterocycles. The van der Waals surface area contributed by atoms with Crippen molar-refractivity contribution in [2.75, 3.05) is 38.0 Å². The topological polar surface area (TPSA) is 151 Å². The summed E-state index contributed by atoms with van der Waals surface area (Å²) in [7, 11) is -2.30. The number of carbonyl (C=O) groups excluding carboxylic acids is 1. The second kappa shape index (κ2) is 12.5. The van der Waals surface area contributed by atoms with E-state index in [1.54, 1.807) is 48.5 Å². The Kier molecular flexibility index (Phi) is 7.89. The first-order valence-electron chi connectivity index (χ1n) is 17.8. The number of hydrogen-bond donors (Lipinski definition) is 2. The molecule has 0 saturated heterocycles. The predicted octanol–water partition coefficient (Wildman–Crippen LogP) is 7.77. The number of esters is 1. The Balaban J connectivity index is 1.41. The molecule has 286 valence electrons. The molecule has 2 N–H and O–H groups in total. The fourth-order valence-electron chi connectivity index (χ4n) is 8.23. The summed E-state index contributed by atoms with van der Waals surface area (Å²) in [4.78, 5) is 16.7. The van der Waals surface area contributed by atoms with E-state index in [4.69, 9.17) is 9.47 Å². The SMILES string of the molecule is CN(C)c1cccc2c(S(=O)(=O)c3ccc4c(c3S(=O)(=O)c3cccc5c(N(C)C)cccc35)C(=O)OC43c4ccc(O)cc4Oc4cc(O)ccc43)cccc12. The van der Waals surface area contributed by atoms with Crippen molar-refractivity contribution in [1.29, 1.82) is 0 Å². The summed E-state index contributed by atoms with van der Waals surface area (Å²) in [5.74, 6) is -1.27. The van der Waals surface area contributed by atoms with E-state index < -0.39 is 46.6 Å². The standard InChI is InChI=1S/C44H34N2O9S2/c1-45(2)34-13-5-11-29-27(34)9-7-15-38(29)56(50,51)40-22-21-33-41(42(40)57(52,53)39-16-8-10-28-30(39)12-6-14-35(28)46(3)4)43(49)55-44(33)31-19-17-25(47)23-36(31)54-37-24-26(48)18-20-32(37)44/h5-24,47-48H,1-4H3. The van der Waals surface area contributed by atoms with E-state index in [0.717, 1.165) is 11.4 Å². The molecule has 1 spiro atoms. The van der Waals surface area contributed by atoms with Gasteiger partial charge in [0, 0.05) is 89.9 Å². The molecular weight excluding hydrogens is 765 g/mol. The minimum atomic E-state index is -4.90. The van der Waals surface area contributed by atoms with Gasteiger partial charge in [0.25, 0.3) is 0 Å². The largest absolute Gasteiger partial charge is 0.508 e. The molecule has 0 unspecified atom stereocenters. The third-order valence-electron chi connectivity index (χ3n) is 10.7. The minimum absolute atomic E-state index is 0.0363. The summed E-state index contributed by atoms with van der Waals surface area (Å²) >= 11 is 0. The van der Waals surface area contributed by atoms with Crippen molar-refractivity contribution in [3.05, 3.63) is 144 Å². The highest BCUT2D eigenvalue weighted by Gasteiger charge is 2.56. The van der Waals surface area contributed by atoms with Crippen LogP contribution in [0.3, 0.4) is 0 Å². The lowest BCUT2D eigenvalue weighted by molar-refractivity contribution is 0.0222. The van der Waals surface area contributed by atoms with Crippen LogP contribution < -0.4 is 14.5 Å². The molecular formula is C44H34N2O9S2. The number of fused-ring (bicyclic) bond motifs is 8. The molecule has 2 aliphatic rings. The van der Waals surface area contributed by atoms with Crippen LogP contribution in [0.15, 0.2) is 141 Å². The smallest absolute Gasteiger partial charge is 0.341 e. The van der Waals surface area contributed by atoms with E-state index in [-0.39, 0.29) is 49.5 Å². The molecule has 57 heavy (non-hydrogen) atoms.